The lowest BCUT2D eigenvalue weighted by molar-refractivity contribution is -0.193. The van der Waals surface area contributed by atoms with Gasteiger partial charge in [-0.05, 0) is 212 Å². The highest BCUT2D eigenvalue weighted by atomic mass is 16.5. The summed E-state index contributed by atoms with van der Waals surface area (Å²) in [5.74, 6) is 10.4. The van der Waals surface area contributed by atoms with E-state index >= 15 is 0 Å². The second-order valence-corrected chi connectivity index (χ2v) is 28.3. The van der Waals surface area contributed by atoms with Crippen LogP contribution in [0.2, 0.25) is 0 Å². The Hall–Kier alpha value is -6.56. The van der Waals surface area contributed by atoms with E-state index in [1.165, 1.54) is 36.0 Å². The van der Waals surface area contributed by atoms with Crippen molar-refractivity contribution in [2.45, 2.75) is 197 Å². The third kappa shape index (κ3) is 11.6. The zero-order valence-corrected chi connectivity index (χ0v) is 53.1. The third-order valence-corrected chi connectivity index (χ3v) is 22.7. The van der Waals surface area contributed by atoms with Gasteiger partial charge in [-0.2, -0.15) is 0 Å². The summed E-state index contributed by atoms with van der Waals surface area (Å²) in [5.41, 5.74) is 13.8. The molecule has 1 saturated heterocycles. The van der Waals surface area contributed by atoms with Crippen molar-refractivity contribution in [2.75, 3.05) is 27.1 Å². The van der Waals surface area contributed by atoms with E-state index in [0.717, 1.165) is 164 Å². The number of nitrogens with one attached hydrogen (secondary N) is 2. The second-order valence-electron chi connectivity index (χ2n) is 28.3. The highest BCUT2D eigenvalue weighted by molar-refractivity contribution is 5.89. The molecule has 7 N–H and O–H groups in total. The molecule has 0 amide bonds. The van der Waals surface area contributed by atoms with Crippen LogP contribution in [-0.4, -0.2) is 81.1 Å². The zero-order valence-electron chi connectivity index (χ0n) is 53.1. The van der Waals surface area contributed by atoms with Crippen LogP contribution in [0, 0.1) is 41.4 Å². The van der Waals surface area contributed by atoms with E-state index in [9.17, 15) is 25.5 Å². The van der Waals surface area contributed by atoms with Crippen LogP contribution in [0.15, 0.2) is 108 Å². The number of hydrogen-bond acceptors (Lipinski definition) is 11. The fourth-order valence-corrected chi connectivity index (χ4v) is 18.6. The monoisotopic (exact) mass is 1220 g/mol. The van der Waals surface area contributed by atoms with E-state index in [4.69, 9.17) is 18.9 Å². The first kappa shape index (κ1) is 61.0. The fraction of sp³-hybridized carbons (Fsp3) is 0.513. The number of nitrogens with zero attached hydrogens (tertiary/aromatic N) is 1. The molecule has 6 aromatic rings. The molecule has 8 bridgehead atoms. The Bertz CT molecular complexity index is 3750. The van der Waals surface area contributed by atoms with Crippen LogP contribution >= 0.6 is 0 Å². The molecule has 6 heterocycles. The number of aryl methyl sites for hydroxylation is 3. The van der Waals surface area contributed by atoms with Crippen molar-refractivity contribution in [3.8, 4) is 34.8 Å². The Balaban J connectivity index is 0.937. The van der Waals surface area contributed by atoms with Gasteiger partial charge in [-0.25, -0.2) is 0 Å². The number of phenols is 3. The first-order valence-corrected chi connectivity index (χ1v) is 34.3. The average Bonchev–Trinajstić information content (AvgIpc) is 0.776. The molecule has 12 heteroatoms. The predicted molar refractivity (Wildman–Crippen MR) is 352 cm³/mol. The van der Waals surface area contributed by atoms with Gasteiger partial charge in [0.05, 0.1) is 44.4 Å². The van der Waals surface area contributed by atoms with Gasteiger partial charge in [0.15, 0.2) is 11.5 Å². The van der Waals surface area contributed by atoms with E-state index in [1.54, 1.807) is 36.9 Å². The van der Waals surface area contributed by atoms with Crippen molar-refractivity contribution in [1.29, 1.82) is 0 Å². The molecule has 2 fully saturated rings. The summed E-state index contributed by atoms with van der Waals surface area (Å²) in [5, 5.41) is 67.4. The molecule has 9 aliphatic rings. The lowest BCUT2D eigenvalue weighted by atomic mass is 9.45. The summed E-state index contributed by atoms with van der Waals surface area (Å²) in [7, 11) is 1.70. The summed E-state index contributed by atoms with van der Waals surface area (Å²) in [6.45, 7) is 5.88. The van der Waals surface area contributed by atoms with E-state index < -0.39 is 6.10 Å². The summed E-state index contributed by atoms with van der Waals surface area (Å²) in [4.78, 5) is 0. The first-order chi connectivity index (χ1) is 43.9. The average molecular weight is 1220 g/mol. The molecule has 1 aromatic heterocycles. The Morgan fingerprint density at radius 2 is 1.70 bits per heavy atom. The summed E-state index contributed by atoms with van der Waals surface area (Å²) >= 11 is 0. The smallest absolute Gasteiger partial charge is 0.165 e. The van der Waals surface area contributed by atoms with Crippen molar-refractivity contribution in [2.24, 2.45) is 29.6 Å². The number of aliphatic hydroxyl groups excluding tert-OH is 2. The first-order valence-electron chi connectivity index (χ1n) is 34.3. The molecule has 1 spiro atoms. The number of fused-ring (bicyclic) bond motifs is 4. The molecule has 90 heavy (non-hydrogen) atoms. The van der Waals surface area contributed by atoms with Crippen LogP contribution in [0.1, 0.15) is 184 Å². The number of aromatic hydroxyl groups is 3. The Labute approximate surface area is 532 Å². The topological polar surface area (TPSA) is 167 Å². The number of ether oxygens (including phenoxy) is 4. The molecule has 5 aliphatic heterocycles. The van der Waals surface area contributed by atoms with Crippen LogP contribution in [0.4, 0.5) is 0 Å². The van der Waals surface area contributed by atoms with Gasteiger partial charge in [-0.15, -0.1) is 0 Å². The van der Waals surface area contributed by atoms with Gasteiger partial charge < -0.3 is 54.4 Å². The molecule has 10 unspecified atom stereocenters. The van der Waals surface area contributed by atoms with Gasteiger partial charge in [0.1, 0.15) is 30.1 Å². The second kappa shape index (κ2) is 25.8. The van der Waals surface area contributed by atoms with Gasteiger partial charge in [-0.1, -0.05) is 106 Å². The van der Waals surface area contributed by atoms with Crippen molar-refractivity contribution in [3.63, 3.8) is 0 Å². The van der Waals surface area contributed by atoms with Crippen LogP contribution in [0.5, 0.6) is 23.0 Å². The van der Waals surface area contributed by atoms with Gasteiger partial charge in [0, 0.05) is 70.7 Å². The Morgan fingerprint density at radius 1 is 0.856 bits per heavy atom. The molecule has 5 aromatic carbocycles. The summed E-state index contributed by atoms with van der Waals surface area (Å²) in [6, 6.07) is 27.0. The fourth-order valence-electron chi connectivity index (χ4n) is 18.6. The molecular formula is C78H93N3O9. The molecule has 10 atom stereocenters. The number of hydrogen-bond donors (Lipinski definition) is 7. The standard InChI is InChI=1S/C78H93N3O9/c1-4-11-48(2)30-57-34-56-37-65-59(43-82)38-70(86)75(73(57)65)89-44-60-36-62(78-61-25-23-52-14-10-15-53(74(52)78)24-27-71(78)77(90-45-61)28-6-5-7-29-77)35-58-41-81(42-66(58)60)76-67-46-88-64(40-69(56)85)17-9-12-49(20-22-54(67)39-72(80-76)79-47-87-3)18-19-50-21-26-68(84)55(31-50)32-51-13-8-16-63(83)33-51/h8,10,13-16,21,26,31,33,35-36,38-39,41-42,48-49,56-57,61,64,69,71-72,79-80,82-86H,4-7,9,11-12,17-19,23-25,27-30,32,34,37,40,43-47H2,1-3H3. The minimum Gasteiger partial charge on any atom is -0.508 e. The van der Waals surface area contributed by atoms with Crippen LogP contribution in [0.25, 0.3) is 16.6 Å². The maximum absolute atomic E-state index is 12.9. The minimum absolute atomic E-state index is 0.0193. The third-order valence-electron chi connectivity index (χ3n) is 22.7. The molecule has 12 nitrogen and oxygen atoms in total. The number of aromatic nitrogens is 1. The number of methoxy groups -OCH3 is 1. The Kier molecular flexibility index (Phi) is 17.5. The van der Waals surface area contributed by atoms with Gasteiger partial charge in [-0.3, -0.25) is 5.32 Å². The highest BCUT2D eigenvalue weighted by Gasteiger charge is 2.63. The molecule has 474 valence electrons. The van der Waals surface area contributed by atoms with Crippen molar-refractivity contribution in [1.82, 2.24) is 15.2 Å². The SMILES string of the molecule is CCCC(C)CC1CC2Cc3c(CO)cc(O)c(c31)OCc1cc(C34c5c6cccc5CCC3C3(CCCCC3)OCC4CC6)cc3cn(cc13)C1=C3COC(CCCC(CCc4ccc(O)c(Cc5cccc(O)c5)c4)C#CC3=CC(NCOC)N1)CC2O. The largest absolute Gasteiger partial charge is 0.508 e. The van der Waals surface area contributed by atoms with Gasteiger partial charge in [0.2, 0.25) is 0 Å². The van der Waals surface area contributed by atoms with E-state index in [0.29, 0.717) is 55.1 Å². The molecule has 0 radical (unpaired) electrons. The molecular weight excluding hydrogens is 1120 g/mol. The molecule has 1 saturated carbocycles. The van der Waals surface area contributed by atoms with Crippen LogP contribution < -0.4 is 15.4 Å². The quantitative estimate of drug-likeness (QED) is 0.0410. The van der Waals surface area contributed by atoms with E-state index in [-0.39, 0.29) is 78.1 Å². The predicted octanol–water partition coefficient (Wildman–Crippen LogP) is 13.8. The van der Waals surface area contributed by atoms with E-state index in [1.807, 2.05) is 18.2 Å². The lowest BCUT2D eigenvalue weighted by Crippen LogP contribution is -2.64. The molecule has 4 aliphatic carbocycles. The normalized spacial score (nSPS) is 27.1. The Morgan fingerprint density at radius 3 is 2.52 bits per heavy atom. The highest BCUT2D eigenvalue weighted by Crippen LogP contribution is 2.64. The zero-order chi connectivity index (χ0) is 61.7. The van der Waals surface area contributed by atoms with Gasteiger partial charge in [0.25, 0.3) is 0 Å². The van der Waals surface area contributed by atoms with Crippen molar-refractivity contribution in [3.05, 3.63) is 170 Å². The van der Waals surface area contributed by atoms with Crippen molar-refractivity contribution >= 4 is 16.6 Å². The summed E-state index contributed by atoms with van der Waals surface area (Å²) < 4.78 is 30.0. The number of aliphatic hydroxyl groups is 2. The number of benzene rings is 5. The minimum atomic E-state index is -0.697. The molecule has 15 rings (SSSR count). The van der Waals surface area contributed by atoms with E-state index in [2.05, 4.69) is 95.8 Å². The number of phenolic OH excluding ortho intramolecular Hbond substituents is 3. The van der Waals surface area contributed by atoms with Crippen LogP contribution in [-0.2, 0) is 64.9 Å². The summed E-state index contributed by atoms with van der Waals surface area (Å²) in [6.07, 6.45) is 24.7. The lowest BCUT2D eigenvalue weighted by Gasteiger charge is -2.63. The number of dihydropyridines is 1. The van der Waals surface area contributed by atoms with Crippen molar-refractivity contribution < 1.29 is 44.5 Å². The van der Waals surface area contributed by atoms with Crippen LogP contribution in [0.3, 0.4) is 0 Å². The maximum Gasteiger partial charge on any atom is 0.165 e. The van der Waals surface area contributed by atoms with Gasteiger partial charge >= 0.3 is 0 Å². The maximum atomic E-state index is 12.9. The number of rotatable bonds is 14.